The van der Waals surface area contributed by atoms with Crippen molar-refractivity contribution >= 4 is 27.3 Å². The van der Waals surface area contributed by atoms with Gasteiger partial charge in [0.15, 0.2) is 0 Å². The number of methoxy groups -OCH3 is 1. The minimum Gasteiger partial charge on any atom is -0.496 e. The number of rotatable bonds is 3. The number of benzene rings is 1. The minimum atomic E-state index is 0.811. The summed E-state index contributed by atoms with van der Waals surface area (Å²) < 4.78 is 5.32. The number of alkyl halides is 1. The number of nitrogens with zero attached hydrogens (tertiary/aromatic N) is 1. The summed E-state index contributed by atoms with van der Waals surface area (Å²) in [5.41, 5.74) is 4.57. The fraction of sp³-hybridized carbons (Fsp3) is 0.308. The van der Waals surface area contributed by atoms with Crippen LogP contribution in [-0.2, 0) is 5.33 Å². The number of hydrogen-bond donors (Lipinski definition) is 0. The van der Waals surface area contributed by atoms with Gasteiger partial charge in [0, 0.05) is 10.9 Å². The Morgan fingerprint density at radius 3 is 2.65 bits per heavy atom. The van der Waals surface area contributed by atoms with E-state index < -0.39 is 0 Å². The fourth-order valence-corrected chi connectivity index (χ4v) is 2.94. The molecule has 90 valence electrons. The van der Waals surface area contributed by atoms with Crippen LogP contribution in [0.1, 0.15) is 16.1 Å². The van der Waals surface area contributed by atoms with Crippen LogP contribution in [0.15, 0.2) is 17.5 Å². The number of aromatic nitrogens is 1. The molecule has 4 heteroatoms. The minimum absolute atomic E-state index is 0.811. The van der Waals surface area contributed by atoms with Crippen molar-refractivity contribution in [3.8, 4) is 17.0 Å². The van der Waals surface area contributed by atoms with Crippen LogP contribution < -0.4 is 4.74 Å². The first kappa shape index (κ1) is 12.6. The first-order valence-corrected chi connectivity index (χ1v) is 7.31. The van der Waals surface area contributed by atoms with Gasteiger partial charge in [-0.15, -0.1) is 11.3 Å². The predicted octanol–water partition coefficient (Wildman–Crippen LogP) is 4.33. The third kappa shape index (κ3) is 2.53. The zero-order chi connectivity index (χ0) is 12.4. The van der Waals surface area contributed by atoms with Crippen molar-refractivity contribution in [2.75, 3.05) is 7.11 Å². The molecule has 0 bridgehead atoms. The summed E-state index contributed by atoms with van der Waals surface area (Å²) in [4.78, 5) is 4.59. The van der Waals surface area contributed by atoms with Gasteiger partial charge in [-0.1, -0.05) is 15.9 Å². The zero-order valence-corrected chi connectivity index (χ0v) is 12.5. The topological polar surface area (TPSA) is 22.1 Å². The van der Waals surface area contributed by atoms with E-state index in [0.717, 1.165) is 27.3 Å². The molecule has 0 N–H and O–H groups in total. The van der Waals surface area contributed by atoms with Crippen molar-refractivity contribution in [3.63, 3.8) is 0 Å². The first-order chi connectivity index (χ1) is 8.15. The summed E-state index contributed by atoms with van der Waals surface area (Å²) in [6.45, 7) is 4.14. The maximum atomic E-state index is 5.32. The molecule has 0 unspecified atom stereocenters. The molecule has 0 spiro atoms. The molecular weight excluding hydrogens is 298 g/mol. The van der Waals surface area contributed by atoms with Gasteiger partial charge in [0.1, 0.15) is 10.8 Å². The molecule has 0 aliphatic heterocycles. The van der Waals surface area contributed by atoms with E-state index in [2.05, 4.69) is 52.3 Å². The first-order valence-electron chi connectivity index (χ1n) is 5.31. The highest BCUT2D eigenvalue weighted by Crippen LogP contribution is 2.31. The number of halogens is 1. The maximum Gasteiger partial charge on any atom is 0.122 e. The largest absolute Gasteiger partial charge is 0.496 e. The molecule has 1 aromatic carbocycles. The second-order valence-corrected chi connectivity index (χ2v) is 5.40. The molecule has 1 heterocycles. The van der Waals surface area contributed by atoms with Gasteiger partial charge in [0.25, 0.3) is 0 Å². The van der Waals surface area contributed by atoms with Crippen molar-refractivity contribution in [2.45, 2.75) is 19.2 Å². The second-order valence-electron chi connectivity index (χ2n) is 3.90. The highest BCUT2D eigenvalue weighted by atomic mass is 79.9. The molecule has 2 rings (SSSR count). The summed E-state index contributed by atoms with van der Waals surface area (Å²) in [7, 11) is 1.70. The van der Waals surface area contributed by atoms with E-state index in [1.807, 2.05) is 0 Å². The Morgan fingerprint density at radius 1 is 1.29 bits per heavy atom. The van der Waals surface area contributed by atoms with Gasteiger partial charge >= 0.3 is 0 Å². The monoisotopic (exact) mass is 311 g/mol. The van der Waals surface area contributed by atoms with Crippen LogP contribution in [0.4, 0.5) is 0 Å². The summed E-state index contributed by atoms with van der Waals surface area (Å²) in [5, 5.41) is 4.02. The summed E-state index contributed by atoms with van der Waals surface area (Å²) in [6, 6.07) is 4.21. The Labute approximate surface area is 114 Å². The molecule has 0 radical (unpaired) electrons. The van der Waals surface area contributed by atoms with Gasteiger partial charge in [0.05, 0.1) is 18.1 Å². The van der Waals surface area contributed by atoms with Crippen LogP contribution in [-0.4, -0.2) is 12.1 Å². The van der Waals surface area contributed by atoms with Gasteiger partial charge in [0.2, 0.25) is 0 Å². The zero-order valence-electron chi connectivity index (χ0n) is 10.1. The lowest BCUT2D eigenvalue weighted by atomic mass is 10.0. The van der Waals surface area contributed by atoms with Crippen LogP contribution >= 0.6 is 27.3 Å². The van der Waals surface area contributed by atoms with Crippen molar-refractivity contribution < 1.29 is 4.74 Å². The molecule has 17 heavy (non-hydrogen) atoms. The van der Waals surface area contributed by atoms with E-state index >= 15 is 0 Å². The van der Waals surface area contributed by atoms with Gasteiger partial charge in [-0.2, -0.15) is 0 Å². The summed E-state index contributed by atoms with van der Waals surface area (Å²) >= 11 is 5.11. The van der Waals surface area contributed by atoms with Crippen molar-refractivity contribution in [1.82, 2.24) is 4.98 Å². The number of hydrogen-bond acceptors (Lipinski definition) is 3. The van der Waals surface area contributed by atoms with Crippen LogP contribution in [0.25, 0.3) is 11.3 Å². The second kappa shape index (κ2) is 5.19. The molecule has 0 saturated heterocycles. The number of aryl methyl sites for hydroxylation is 2. The summed E-state index contributed by atoms with van der Waals surface area (Å²) in [5.74, 6) is 0.933. The molecule has 0 saturated carbocycles. The Bertz CT molecular complexity index is 536. The molecule has 0 atom stereocenters. The van der Waals surface area contributed by atoms with E-state index in [-0.39, 0.29) is 0 Å². The molecule has 0 amide bonds. The number of thiazole rings is 1. The Balaban J connectivity index is 2.48. The number of ether oxygens (including phenoxy) is 1. The lowest BCUT2D eigenvalue weighted by Gasteiger charge is -2.09. The lowest BCUT2D eigenvalue weighted by molar-refractivity contribution is 0.411. The van der Waals surface area contributed by atoms with Crippen molar-refractivity contribution in [1.29, 1.82) is 0 Å². The Kier molecular flexibility index (Phi) is 3.84. The third-order valence-corrected chi connectivity index (χ3v) is 4.43. The molecule has 1 aromatic heterocycles. The van der Waals surface area contributed by atoms with Crippen LogP contribution in [0, 0.1) is 13.8 Å². The highest BCUT2D eigenvalue weighted by molar-refractivity contribution is 9.08. The van der Waals surface area contributed by atoms with Gasteiger partial charge < -0.3 is 4.74 Å². The quantitative estimate of drug-likeness (QED) is 0.787. The predicted molar refractivity (Wildman–Crippen MR) is 76.2 cm³/mol. The SMILES string of the molecule is COc1cc(C)c(-c2csc(CBr)n2)cc1C. The van der Waals surface area contributed by atoms with Crippen LogP contribution in [0.3, 0.4) is 0 Å². The van der Waals surface area contributed by atoms with Crippen molar-refractivity contribution in [2.24, 2.45) is 0 Å². The molecule has 0 aliphatic rings. The van der Waals surface area contributed by atoms with Crippen LogP contribution in [0.5, 0.6) is 5.75 Å². The Morgan fingerprint density at radius 2 is 2.06 bits per heavy atom. The van der Waals surface area contributed by atoms with Gasteiger partial charge in [-0.05, 0) is 37.1 Å². The van der Waals surface area contributed by atoms with E-state index in [0.29, 0.717) is 0 Å². The van der Waals surface area contributed by atoms with Gasteiger partial charge in [-0.3, -0.25) is 0 Å². The highest BCUT2D eigenvalue weighted by Gasteiger charge is 2.09. The normalized spacial score (nSPS) is 10.6. The lowest BCUT2D eigenvalue weighted by Crippen LogP contribution is -1.91. The van der Waals surface area contributed by atoms with Crippen molar-refractivity contribution in [3.05, 3.63) is 33.6 Å². The average molecular weight is 312 g/mol. The third-order valence-electron chi connectivity index (χ3n) is 2.68. The average Bonchev–Trinajstić information content (AvgIpc) is 2.80. The Hall–Kier alpha value is -0.870. The van der Waals surface area contributed by atoms with E-state index in [9.17, 15) is 0 Å². The summed E-state index contributed by atoms with van der Waals surface area (Å²) in [6.07, 6.45) is 0. The van der Waals surface area contributed by atoms with E-state index in [1.165, 1.54) is 11.1 Å². The maximum absolute atomic E-state index is 5.32. The van der Waals surface area contributed by atoms with Crippen LogP contribution in [0.2, 0.25) is 0 Å². The van der Waals surface area contributed by atoms with E-state index in [1.54, 1.807) is 18.4 Å². The molecule has 0 fully saturated rings. The van der Waals surface area contributed by atoms with Gasteiger partial charge in [-0.25, -0.2) is 4.98 Å². The molecular formula is C13H14BrNOS. The standard InChI is InChI=1S/C13H14BrNOS/c1-8-5-12(16-3)9(2)4-10(8)11-7-17-13(6-14)15-11/h4-5,7H,6H2,1-3H3. The molecule has 2 nitrogen and oxygen atoms in total. The molecule has 2 aromatic rings. The smallest absolute Gasteiger partial charge is 0.122 e. The molecule has 0 aliphatic carbocycles. The fourth-order valence-electron chi connectivity index (χ4n) is 1.78. The van der Waals surface area contributed by atoms with E-state index in [4.69, 9.17) is 4.74 Å².